The fourth-order valence-electron chi connectivity index (χ4n) is 3.53. The van der Waals surface area contributed by atoms with Gasteiger partial charge in [-0.1, -0.05) is 24.3 Å². The van der Waals surface area contributed by atoms with Crippen molar-refractivity contribution in [2.75, 3.05) is 22.9 Å². The maximum atomic E-state index is 13.1. The second-order valence-electron chi connectivity index (χ2n) is 7.46. The van der Waals surface area contributed by atoms with Crippen molar-refractivity contribution >= 4 is 55.0 Å². The van der Waals surface area contributed by atoms with Crippen LogP contribution in [0.5, 0.6) is 5.75 Å². The molecule has 0 atom stereocenters. The zero-order valence-electron chi connectivity index (χ0n) is 18.1. The Morgan fingerprint density at radius 1 is 0.882 bits per heavy atom. The molecular weight excluding hydrogens is 452 g/mol. The van der Waals surface area contributed by atoms with Gasteiger partial charge in [-0.15, -0.1) is 0 Å². The molecule has 0 fully saturated rings. The van der Waals surface area contributed by atoms with Crippen LogP contribution >= 0.6 is 0 Å². The first-order valence-corrected chi connectivity index (χ1v) is 11.8. The van der Waals surface area contributed by atoms with Gasteiger partial charge in [0.05, 0.1) is 34.2 Å². The maximum Gasteiger partial charge on any atom is 0.263 e. The fraction of sp³-hybridized carbons (Fsp3) is 0.0417. The van der Waals surface area contributed by atoms with Crippen molar-refractivity contribution in [1.29, 1.82) is 0 Å². The summed E-state index contributed by atoms with van der Waals surface area (Å²) >= 11 is 0. The van der Waals surface area contributed by atoms with E-state index in [0.29, 0.717) is 33.7 Å². The van der Waals surface area contributed by atoms with E-state index in [2.05, 4.69) is 25.0 Å². The van der Waals surface area contributed by atoms with Crippen molar-refractivity contribution in [2.24, 2.45) is 0 Å². The van der Waals surface area contributed by atoms with Gasteiger partial charge in [0.2, 0.25) is 0 Å². The fourth-order valence-corrected chi connectivity index (χ4v) is 4.60. The largest absolute Gasteiger partial charge is 0.497 e. The zero-order valence-corrected chi connectivity index (χ0v) is 18.9. The van der Waals surface area contributed by atoms with Crippen LogP contribution in [0.3, 0.4) is 0 Å². The van der Waals surface area contributed by atoms with Crippen LogP contribution in [0.2, 0.25) is 0 Å². The number of hydrogen-bond donors (Lipinski definition) is 3. The third-order valence-corrected chi connectivity index (χ3v) is 6.47. The molecule has 0 amide bonds. The van der Waals surface area contributed by atoms with Crippen LogP contribution in [0.4, 0.5) is 23.0 Å². The number of nitrogens with two attached hydrogens (primary N) is 1. The molecule has 2 aromatic heterocycles. The van der Waals surface area contributed by atoms with Crippen molar-refractivity contribution in [3.05, 3.63) is 79.0 Å². The molecule has 3 aromatic carbocycles. The van der Waals surface area contributed by atoms with Crippen molar-refractivity contribution < 1.29 is 13.2 Å². The normalized spacial score (nSPS) is 11.4. The van der Waals surface area contributed by atoms with Crippen molar-refractivity contribution in [2.45, 2.75) is 4.90 Å². The average molecular weight is 473 g/mol. The smallest absolute Gasteiger partial charge is 0.263 e. The SMILES string of the molecule is COc1cc(Nc2nc3ccccc3nc2NS(=O)(=O)c2cccc(N)c2)c2ncccc2c1. The van der Waals surface area contributed by atoms with Gasteiger partial charge in [-0.2, -0.15) is 0 Å². The number of nitrogen functional groups attached to an aromatic ring is 1. The van der Waals surface area contributed by atoms with E-state index in [1.54, 1.807) is 49.7 Å². The van der Waals surface area contributed by atoms with E-state index in [9.17, 15) is 8.42 Å². The summed E-state index contributed by atoms with van der Waals surface area (Å²) in [5, 5.41) is 4.05. The molecule has 0 unspecified atom stereocenters. The van der Waals surface area contributed by atoms with Gasteiger partial charge in [0.25, 0.3) is 10.0 Å². The maximum absolute atomic E-state index is 13.1. The first kappa shape index (κ1) is 21.4. The molecule has 0 bridgehead atoms. The molecule has 0 radical (unpaired) electrons. The molecule has 0 aliphatic rings. The second-order valence-corrected chi connectivity index (χ2v) is 9.15. The molecule has 170 valence electrons. The lowest BCUT2D eigenvalue weighted by Gasteiger charge is -2.15. The van der Waals surface area contributed by atoms with Crippen LogP contribution < -0.4 is 20.5 Å². The van der Waals surface area contributed by atoms with Gasteiger partial charge in [-0.05, 0) is 42.5 Å². The quantitative estimate of drug-likeness (QED) is 0.311. The molecule has 0 aliphatic heterocycles. The van der Waals surface area contributed by atoms with E-state index >= 15 is 0 Å². The lowest BCUT2D eigenvalue weighted by Crippen LogP contribution is -2.16. The number of nitrogens with one attached hydrogen (secondary N) is 2. The number of sulfonamides is 1. The lowest BCUT2D eigenvalue weighted by molar-refractivity contribution is 0.415. The summed E-state index contributed by atoms with van der Waals surface area (Å²) in [6.07, 6.45) is 1.68. The van der Waals surface area contributed by atoms with E-state index in [1.165, 1.54) is 12.1 Å². The predicted octanol–water partition coefficient (Wildman–Crippen LogP) is 4.31. The summed E-state index contributed by atoms with van der Waals surface area (Å²) in [5.41, 5.74) is 8.50. The Hall–Kier alpha value is -4.44. The highest BCUT2D eigenvalue weighted by molar-refractivity contribution is 7.92. The molecular formula is C24H20N6O3S. The number of nitrogens with zero attached hydrogens (tertiary/aromatic N) is 3. The number of ether oxygens (including phenoxy) is 1. The zero-order chi connectivity index (χ0) is 23.7. The number of benzene rings is 3. The van der Waals surface area contributed by atoms with E-state index in [-0.39, 0.29) is 16.5 Å². The minimum absolute atomic E-state index is 0.0157. The topological polar surface area (TPSA) is 132 Å². The highest BCUT2D eigenvalue weighted by atomic mass is 32.2. The molecule has 10 heteroatoms. The first-order valence-electron chi connectivity index (χ1n) is 10.3. The Kier molecular flexibility index (Phi) is 5.34. The lowest BCUT2D eigenvalue weighted by atomic mass is 10.1. The van der Waals surface area contributed by atoms with Gasteiger partial charge in [0.1, 0.15) is 5.75 Å². The van der Waals surface area contributed by atoms with Crippen LogP contribution in [0, 0.1) is 0 Å². The van der Waals surface area contributed by atoms with Gasteiger partial charge in [0, 0.05) is 23.3 Å². The number of para-hydroxylation sites is 2. The van der Waals surface area contributed by atoms with Crippen LogP contribution in [0.1, 0.15) is 0 Å². The standard InChI is InChI=1S/C24H20N6O3S/c1-33-17-12-15-6-5-11-26-22(15)21(14-17)29-23-24(28-20-10-3-2-9-19(20)27-23)30-34(31,32)18-8-4-7-16(25)13-18/h2-14H,25H2,1H3,(H,27,29)(H,28,30). The van der Waals surface area contributed by atoms with Crippen molar-refractivity contribution in [3.63, 3.8) is 0 Å². The van der Waals surface area contributed by atoms with Crippen molar-refractivity contribution in [3.8, 4) is 5.75 Å². The molecule has 5 aromatic rings. The number of rotatable bonds is 6. The molecule has 0 aliphatic carbocycles. The summed E-state index contributed by atoms with van der Waals surface area (Å²) in [4.78, 5) is 13.6. The average Bonchev–Trinajstić information content (AvgIpc) is 2.84. The summed E-state index contributed by atoms with van der Waals surface area (Å²) in [6.45, 7) is 0. The summed E-state index contributed by atoms with van der Waals surface area (Å²) in [6, 6.07) is 20.6. The number of anilines is 4. The Morgan fingerprint density at radius 2 is 1.65 bits per heavy atom. The van der Waals surface area contributed by atoms with Crippen LogP contribution in [-0.4, -0.2) is 30.5 Å². The van der Waals surface area contributed by atoms with Crippen molar-refractivity contribution in [1.82, 2.24) is 15.0 Å². The number of fused-ring (bicyclic) bond motifs is 2. The Balaban J connectivity index is 1.64. The van der Waals surface area contributed by atoms with Crippen LogP contribution in [-0.2, 0) is 10.0 Å². The minimum atomic E-state index is -3.99. The number of pyridine rings is 1. The number of hydrogen-bond acceptors (Lipinski definition) is 8. The Labute approximate surface area is 195 Å². The van der Waals surface area contributed by atoms with E-state index in [1.807, 2.05) is 24.3 Å². The minimum Gasteiger partial charge on any atom is -0.497 e. The monoisotopic (exact) mass is 472 g/mol. The van der Waals surface area contributed by atoms with E-state index < -0.39 is 10.0 Å². The Bertz CT molecular complexity index is 1640. The van der Waals surface area contributed by atoms with Gasteiger partial charge >= 0.3 is 0 Å². The number of methoxy groups -OCH3 is 1. The molecule has 0 saturated heterocycles. The van der Waals surface area contributed by atoms with Gasteiger partial charge < -0.3 is 15.8 Å². The molecule has 0 saturated carbocycles. The summed E-state index contributed by atoms with van der Waals surface area (Å²) in [7, 11) is -2.42. The Morgan fingerprint density at radius 3 is 2.38 bits per heavy atom. The summed E-state index contributed by atoms with van der Waals surface area (Å²) in [5.74, 6) is 0.859. The van der Waals surface area contributed by atoms with E-state index in [0.717, 1.165) is 5.39 Å². The van der Waals surface area contributed by atoms with Gasteiger partial charge in [-0.25, -0.2) is 18.4 Å². The molecule has 0 spiro atoms. The molecule has 9 nitrogen and oxygen atoms in total. The molecule has 5 rings (SSSR count). The molecule has 2 heterocycles. The van der Waals surface area contributed by atoms with Crippen LogP contribution in [0.25, 0.3) is 21.9 Å². The second kappa shape index (κ2) is 8.49. The third kappa shape index (κ3) is 4.14. The molecule has 34 heavy (non-hydrogen) atoms. The predicted molar refractivity (Wildman–Crippen MR) is 133 cm³/mol. The van der Waals surface area contributed by atoms with Gasteiger partial charge in [-0.3, -0.25) is 9.71 Å². The van der Waals surface area contributed by atoms with E-state index in [4.69, 9.17) is 10.5 Å². The summed E-state index contributed by atoms with van der Waals surface area (Å²) < 4.78 is 34.2. The third-order valence-electron chi connectivity index (χ3n) is 5.14. The highest BCUT2D eigenvalue weighted by Crippen LogP contribution is 2.33. The highest BCUT2D eigenvalue weighted by Gasteiger charge is 2.20. The van der Waals surface area contributed by atoms with Crippen LogP contribution in [0.15, 0.2) is 83.9 Å². The number of aromatic nitrogens is 3. The molecule has 4 N–H and O–H groups in total. The van der Waals surface area contributed by atoms with Gasteiger partial charge in [0.15, 0.2) is 11.6 Å². The first-order chi connectivity index (χ1) is 16.4.